The van der Waals surface area contributed by atoms with Crippen molar-refractivity contribution in [2.24, 2.45) is 0 Å². The first-order chi connectivity index (χ1) is 3.35. The van der Waals surface area contributed by atoms with E-state index in [-0.39, 0.29) is 23.1 Å². The Labute approximate surface area is 68.6 Å². The molecule has 2 heteroatoms. The molecule has 0 N–H and O–H groups in total. The lowest BCUT2D eigenvalue weighted by molar-refractivity contribution is 0.336. The van der Waals surface area contributed by atoms with E-state index >= 15 is 0 Å². The maximum atomic E-state index is 3.75. The normalized spacial score (nSPS) is 9.00. The molecule has 0 fully saturated rings. The molecule has 0 atom stereocenters. The van der Waals surface area contributed by atoms with Gasteiger partial charge < -0.3 is 4.90 Å². The largest absolute Gasteiger partial charge is 0.316 e. The van der Waals surface area contributed by atoms with Crippen LogP contribution in [0.1, 0.15) is 13.8 Å². The van der Waals surface area contributed by atoms with Gasteiger partial charge in [0.2, 0.25) is 0 Å². The summed E-state index contributed by atoms with van der Waals surface area (Å²) in [6.45, 7) is 11.2. The Hall–Kier alpha value is 0.726. The number of hydrogen-bond acceptors (Lipinski definition) is 1. The molecule has 0 bridgehead atoms. The van der Waals surface area contributed by atoms with Gasteiger partial charge in [-0.3, -0.25) is 0 Å². The number of rotatable bonds is 3. The number of hydrogen-bond donors (Lipinski definition) is 0. The summed E-state index contributed by atoms with van der Waals surface area (Å²) >= 11 is 0. The minimum Gasteiger partial charge on any atom is -0.304 e. The third kappa shape index (κ3) is 4.87. The van der Waals surface area contributed by atoms with Crippen molar-refractivity contribution in [2.45, 2.75) is 13.8 Å². The molecule has 0 saturated carbocycles. The van der Waals surface area contributed by atoms with Crippen molar-refractivity contribution in [3.8, 4) is 0 Å². The van der Waals surface area contributed by atoms with E-state index in [2.05, 4.69) is 25.7 Å². The fourth-order valence-electron chi connectivity index (χ4n) is 0.540. The molecule has 1 radical (unpaired) electrons. The SMILES string of the molecule is [CH2]CN(CC)CC.[MgH2]. The van der Waals surface area contributed by atoms with Crippen LogP contribution in [0.4, 0.5) is 0 Å². The van der Waals surface area contributed by atoms with Gasteiger partial charge in [-0.15, -0.1) is 0 Å². The van der Waals surface area contributed by atoms with Gasteiger partial charge in [0.1, 0.15) is 0 Å². The summed E-state index contributed by atoms with van der Waals surface area (Å²) in [6.07, 6.45) is 0. The van der Waals surface area contributed by atoms with Crippen molar-refractivity contribution >= 4 is 23.1 Å². The average molecular weight is 127 g/mol. The molecule has 0 amide bonds. The van der Waals surface area contributed by atoms with Crippen LogP contribution < -0.4 is 0 Å². The first kappa shape index (κ1) is 11.5. The molecule has 0 aromatic carbocycles. The lowest BCUT2D eigenvalue weighted by Crippen LogP contribution is -2.21. The van der Waals surface area contributed by atoms with Crippen LogP contribution in [0.5, 0.6) is 0 Å². The molecule has 0 unspecified atom stereocenters. The zero-order valence-corrected chi connectivity index (χ0v) is 5.28. The Morgan fingerprint density at radius 2 is 1.62 bits per heavy atom. The van der Waals surface area contributed by atoms with E-state index in [0.29, 0.717) is 0 Å². The highest BCUT2D eigenvalue weighted by Gasteiger charge is 1.89. The second-order valence-corrected chi connectivity index (χ2v) is 1.53. The zero-order chi connectivity index (χ0) is 5.70. The summed E-state index contributed by atoms with van der Waals surface area (Å²) in [5.41, 5.74) is 0. The molecule has 8 heavy (non-hydrogen) atoms. The molecule has 0 aromatic heterocycles. The Morgan fingerprint density at radius 1 is 1.25 bits per heavy atom. The third-order valence-electron chi connectivity index (χ3n) is 1.21. The maximum Gasteiger partial charge on any atom is 0.316 e. The molecule has 0 rings (SSSR count). The molecule has 0 aromatic rings. The van der Waals surface area contributed by atoms with Crippen molar-refractivity contribution in [1.29, 1.82) is 0 Å². The highest BCUT2D eigenvalue weighted by atomic mass is 24.3. The monoisotopic (exact) mass is 126 g/mol. The summed E-state index contributed by atoms with van der Waals surface area (Å²) in [5, 5.41) is 0. The van der Waals surface area contributed by atoms with E-state index in [1.165, 1.54) is 0 Å². The van der Waals surface area contributed by atoms with Crippen LogP contribution in [0.25, 0.3) is 0 Å². The minimum absolute atomic E-state index is 0. The summed E-state index contributed by atoms with van der Waals surface area (Å²) in [7, 11) is 0. The quantitative estimate of drug-likeness (QED) is 0.490. The predicted molar refractivity (Wildman–Crippen MR) is 41.7 cm³/mol. The summed E-state index contributed by atoms with van der Waals surface area (Å²) in [4.78, 5) is 2.26. The summed E-state index contributed by atoms with van der Waals surface area (Å²) in [5.74, 6) is 0. The van der Waals surface area contributed by atoms with E-state index in [9.17, 15) is 0 Å². The molecule has 0 heterocycles. The molecule has 1 nitrogen and oxygen atoms in total. The van der Waals surface area contributed by atoms with Gasteiger partial charge in [0.25, 0.3) is 0 Å². The smallest absolute Gasteiger partial charge is 0.304 e. The van der Waals surface area contributed by atoms with Crippen LogP contribution in [-0.4, -0.2) is 47.6 Å². The highest BCUT2D eigenvalue weighted by molar-refractivity contribution is 5.75. The second kappa shape index (κ2) is 7.73. The van der Waals surface area contributed by atoms with Crippen molar-refractivity contribution in [3.63, 3.8) is 0 Å². The Bertz CT molecular complexity index is 30.0. The molecule has 0 aliphatic rings. The van der Waals surface area contributed by atoms with Gasteiger partial charge in [0, 0.05) is 0 Å². The zero-order valence-electron chi connectivity index (χ0n) is 5.28. The van der Waals surface area contributed by atoms with Gasteiger partial charge in [0.05, 0.1) is 0 Å². The second-order valence-electron chi connectivity index (χ2n) is 1.53. The van der Waals surface area contributed by atoms with Gasteiger partial charge in [-0.1, -0.05) is 13.8 Å². The van der Waals surface area contributed by atoms with E-state index in [1.807, 2.05) is 0 Å². The fraction of sp³-hybridized carbons (Fsp3) is 0.833. The van der Waals surface area contributed by atoms with Crippen LogP contribution in [0.15, 0.2) is 0 Å². The van der Waals surface area contributed by atoms with Crippen molar-refractivity contribution in [3.05, 3.63) is 6.92 Å². The standard InChI is InChI=1S/C6H14N.Mg.2H/c1-4-7(5-2)6-3;;;/h1,4-6H2,2-3H3;;;. The van der Waals surface area contributed by atoms with Crippen LogP contribution >= 0.6 is 0 Å². The van der Waals surface area contributed by atoms with Gasteiger partial charge in [-0.2, -0.15) is 0 Å². The van der Waals surface area contributed by atoms with E-state index in [0.717, 1.165) is 19.6 Å². The minimum atomic E-state index is 0. The van der Waals surface area contributed by atoms with E-state index in [1.54, 1.807) is 0 Å². The molecular weight excluding hydrogens is 110 g/mol. The van der Waals surface area contributed by atoms with Crippen molar-refractivity contribution in [1.82, 2.24) is 4.90 Å². The maximum absolute atomic E-state index is 3.75. The molecule has 0 spiro atoms. The van der Waals surface area contributed by atoms with Gasteiger partial charge in [-0.25, -0.2) is 0 Å². The van der Waals surface area contributed by atoms with Gasteiger partial charge >= 0.3 is 23.1 Å². The van der Waals surface area contributed by atoms with Crippen LogP contribution in [0.3, 0.4) is 0 Å². The van der Waals surface area contributed by atoms with Gasteiger partial charge in [0.15, 0.2) is 0 Å². The first-order valence-electron chi connectivity index (χ1n) is 2.86. The predicted octanol–water partition coefficient (Wildman–Crippen LogP) is 0.246. The molecule has 0 saturated heterocycles. The topological polar surface area (TPSA) is 3.24 Å². The van der Waals surface area contributed by atoms with Crippen LogP contribution in [-0.2, 0) is 0 Å². The molecule has 47 valence electrons. The summed E-state index contributed by atoms with van der Waals surface area (Å²) < 4.78 is 0. The Balaban J connectivity index is 0. The Kier molecular flexibility index (Phi) is 11.1. The van der Waals surface area contributed by atoms with Crippen molar-refractivity contribution < 1.29 is 0 Å². The van der Waals surface area contributed by atoms with Crippen LogP contribution in [0.2, 0.25) is 0 Å². The molecule has 0 aliphatic carbocycles. The molecule has 0 aliphatic heterocycles. The Morgan fingerprint density at radius 3 is 1.62 bits per heavy atom. The van der Waals surface area contributed by atoms with E-state index in [4.69, 9.17) is 0 Å². The summed E-state index contributed by atoms with van der Waals surface area (Å²) in [6, 6.07) is 0. The third-order valence-corrected chi connectivity index (χ3v) is 1.21. The lowest BCUT2D eigenvalue weighted by atomic mass is 10.5. The van der Waals surface area contributed by atoms with E-state index < -0.39 is 0 Å². The van der Waals surface area contributed by atoms with Gasteiger partial charge in [-0.05, 0) is 26.6 Å². The number of nitrogens with zero attached hydrogens (tertiary/aromatic N) is 1. The van der Waals surface area contributed by atoms with Crippen LogP contribution in [0, 0.1) is 6.92 Å². The average Bonchev–Trinajstić information content (AvgIpc) is 1.72. The van der Waals surface area contributed by atoms with Crippen molar-refractivity contribution in [2.75, 3.05) is 19.6 Å². The lowest BCUT2D eigenvalue weighted by Gasteiger charge is -2.13. The fourth-order valence-corrected chi connectivity index (χ4v) is 0.540. The highest BCUT2D eigenvalue weighted by Crippen LogP contribution is 1.81. The molecular formula is C6H16MgN. The first-order valence-corrected chi connectivity index (χ1v) is 2.86.